The SMILES string of the molecule is CNC(=O)[C@@H]1[C@H]2C(=O)N([C@H](CO)c3ccccc3)C(C(=O)NC(C)C)C23S[C@@H]1CC3C. The van der Waals surface area contributed by atoms with E-state index in [9.17, 15) is 19.5 Å². The maximum Gasteiger partial charge on any atom is 0.244 e. The molecular weight excluding hydrogens is 414 g/mol. The monoisotopic (exact) mass is 445 g/mol. The van der Waals surface area contributed by atoms with Crippen molar-refractivity contribution in [3.63, 3.8) is 0 Å². The van der Waals surface area contributed by atoms with E-state index in [4.69, 9.17) is 0 Å². The Labute approximate surface area is 187 Å². The third-order valence-corrected chi connectivity index (χ3v) is 9.18. The van der Waals surface area contributed by atoms with Gasteiger partial charge < -0.3 is 20.6 Å². The predicted octanol–water partition coefficient (Wildman–Crippen LogP) is 1.33. The minimum Gasteiger partial charge on any atom is -0.394 e. The zero-order valence-corrected chi connectivity index (χ0v) is 19.2. The molecule has 1 aromatic carbocycles. The van der Waals surface area contributed by atoms with Crippen molar-refractivity contribution in [2.75, 3.05) is 13.7 Å². The molecule has 3 N–H and O–H groups in total. The number of hydrogen-bond acceptors (Lipinski definition) is 5. The molecule has 3 aliphatic rings. The lowest BCUT2D eigenvalue weighted by Crippen LogP contribution is -2.58. The summed E-state index contributed by atoms with van der Waals surface area (Å²) in [5, 5.41) is 16.1. The van der Waals surface area contributed by atoms with Crippen molar-refractivity contribution >= 4 is 29.5 Å². The van der Waals surface area contributed by atoms with E-state index in [-0.39, 0.29) is 41.5 Å². The third kappa shape index (κ3) is 3.18. The van der Waals surface area contributed by atoms with Crippen molar-refractivity contribution in [1.82, 2.24) is 15.5 Å². The smallest absolute Gasteiger partial charge is 0.244 e. The molecule has 31 heavy (non-hydrogen) atoms. The zero-order valence-electron chi connectivity index (χ0n) is 18.4. The Morgan fingerprint density at radius 2 is 1.94 bits per heavy atom. The topological polar surface area (TPSA) is 98.7 Å². The lowest BCUT2D eigenvalue weighted by molar-refractivity contribution is -0.143. The Balaban J connectivity index is 1.85. The molecule has 0 saturated carbocycles. The zero-order chi connectivity index (χ0) is 22.5. The van der Waals surface area contributed by atoms with Crippen LogP contribution >= 0.6 is 11.8 Å². The standard InChI is InChI=1S/C23H31N3O4S/c1-12(2)25-21(29)19-23-13(3)10-16(31-23)17(20(28)24-4)18(23)22(30)26(19)15(11-27)14-8-6-5-7-9-14/h5-9,12-13,15-19,27H,10-11H2,1-4H3,(H,24,28)(H,25,29)/t13?,15-,16-,17+,18+,19?,23?/m1/s1. The Bertz CT molecular complexity index is 879. The van der Waals surface area contributed by atoms with Gasteiger partial charge in [-0.15, -0.1) is 11.8 Å². The molecule has 7 atom stereocenters. The second kappa shape index (κ2) is 8.13. The predicted molar refractivity (Wildman–Crippen MR) is 119 cm³/mol. The van der Waals surface area contributed by atoms with Crippen molar-refractivity contribution in [2.24, 2.45) is 17.8 Å². The summed E-state index contributed by atoms with van der Waals surface area (Å²) < 4.78 is -0.680. The number of hydrogen-bond donors (Lipinski definition) is 3. The fourth-order valence-corrected chi connectivity index (χ4v) is 8.36. The molecule has 4 rings (SSSR count). The van der Waals surface area contributed by atoms with Crippen LogP contribution in [-0.4, -0.2) is 63.5 Å². The van der Waals surface area contributed by atoms with Crippen molar-refractivity contribution in [2.45, 2.75) is 55.3 Å². The fraction of sp³-hybridized carbons (Fsp3) is 0.609. The Morgan fingerprint density at radius 3 is 2.52 bits per heavy atom. The van der Waals surface area contributed by atoms with Gasteiger partial charge in [0.1, 0.15) is 6.04 Å². The van der Waals surface area contributed by atoms with E-state index in [0.717, 1.165) is 12.0 Å². The normalized spacial score (nSPS) is 34.7. The molecule has 3 fully saturated rings. The average molecular weight is 446 g/mol. The number of amides is 3. The number of rotatable bonds is 6. The second-order valence-corrected chi connectivity index (χ2v) is 10.7. The average Bonchev–Trinajstić information content (AvgIpc) is 3.33. The summed E-state index contributed by atoms with van der Waals surface area (Å²) in [6.07, 6.45) is 0.793. The number of nitrogens with zero attached hydrogens (tertiary/aromatic N) is 1. The molecule has 1 spiro atoms. The first-order valence-electron chi connectivity index (χ1n) is 11.0. The number of nitrogens with one attached hydrogen (secondary N) is 2. The number of thioether (sulfide) groups is 1. The second-order valence-electron chi connectivity index (χ2n) is 9.18. The van der Waals surface area contributed by atoms with E-state index < -0.39 is 28.7 Å². The third-order valence-electron chi connectivity index (χ3n) is 7.10. The fourth-order valence-electron chi connectivity index (χ4n) is 5.95. The molecule has 0 radical (unpaired) electrons. The highest BCUT2D eigenvalue weighted by Crippen LogP contribution is 2.69. The van der Waals surface area contributed by atoms with Crippen LogP contribution < -0.4 is 10.6 Å². The van der Waals surface area contributed by atoms with E-state index in [0.29, 0.717) is 0 Å². The first-order valence-corrected chi connectivity index (χ1v) is 11.8. The number of fused-ring (bicyclic) bond motifs is 1. The molecule has 7 nitrogen and oxygen atoms in total. The van der Waals surface area contributed by atoms with Gasteiger partial charge in [0.15, 0.2) is 0 Å². The largest absolute Gasteiger partial charge is 0.394 e. The molecule has 3 unspecified atom stereocenters. The summed E-state index contributed by atoms with van der Waals surface area (Å²) in [4.78, 5) is 41.9. The van der Waals surface area contributed by atoms with E-state index in [1.54, 1.807) is 23.7 Å². The Kier molecular flexibility index (Phi) is 5.81. The molecule has 3 aliphatic heterocycles. The first kappa shape index (κ1) is 22.1. The number of carbonyl (C=O) groups is 3. The van der Waals surface area contributed by atoms with Gasteiger partial charge in [-0.05, 0) is 31.7 Å². The van der Waals surface area contributed by atoms with Gasteiger partial charge in [-0.1, -0.05) is 37.3 Å². The van der Waals surface area contributed by atoms with Gasteiger partial charge in [0, 0.05) is 18.3 Å². The molecule has 8 heteroatoms. The summed E-state index contributed by atoms with van der Waals surface area (Å²) in [6, 6.07) is 7.84. The highest BCUT2D eigenvalue weighted by atomic mass is 32.2. The van der Waals surface area contributed by atoms with Crippen LogP contribution in [-0.2, 0) is 14.4 Å². The van der Waals surface area contributed by atoms with Gasteiger partial charge in [-0.2, -0.15) is 0 Å². The lowest BCUT2D eigenvalue weighted by atomic mass is 9.66. The Morgan fingerprint density at radius 1 is 1.26 bits per heavy atom. The first-order chi connectivity index (χ1) is 14.8. The van der Waals surface area contributed by atoms with Crippen LogP contribution in [0.5, 0.6) is 0 Å². The van der Waals surface area contributed by atoms with Gasteiger partial charge in [-0.3, -0.25) is 14.4 Å². The van der Waals surface area contributed by atoms with Crippen LogP contribution in [0.25, 0.3) is 0 Å². The molecule has 0 aromatic heterocycles. The van der Waals surface area contributed by atoms with E-state index in [1.165, 1.54) is 0 Å². The summed E-state index contributed by atoms with van der Waals surface area (Å²) >= 11 is 1.64. The Hall–Kier alpha value is -2.06. The van der Waals surface area contributed by atoms with Crippen LogP contribution in [0.3, 0.4) is 0 Å². The van der Waals surface area contributed by atoms with Gasteiger partial charge in [-0.25, -0.2) is 0 Å². The number of likely N-dealkylation sites (tertiary alicyclic amines) is 1. The van der Waals surface area contributed by atoms with Gasteiger partial charge in [0.25, 0.3) is 0 Å². The van der Waals surface area contributed by atoms with Crippen LogP contribution in [0.1, 0.15) is 38.8 Å². The van der Waals surface area contributed by atoms with Crippen LogP contribution in [0.2, 0.25) is 0 Å². The molecule has 3 saturated heterocycles. The van der Waals surface area contributed by atoms with Gasteiger partial charge in [0.2, 0.25) is 17.7 Å². The summed E-state index contributed by atoms with van der Waals surface area (Å²) in [7, 11) is 1.59. The number of aliphatic hydroxyl groups excluding tert-OH is 1. The highest BCUT2D eigenvalue weighted by Gasteiger charge is 2.76. The van der Waals surface area contributed by atoms with Gasteiger partial charge in [0.05, 0.1) is 29.2 Å². The summed E-state index contributed by atoms with van der Waals surface area (Å²) in [5.41, 5.74) is 0.778. The number of aliphatic hydroxyl groups is 1. The van der Waals surface area contributed by atoms with Crippen LogP contribution in [0.15, 0.2) is 30.3 Å². The molecular formula is C23H31N3O4S. The molecule has 3 amide bonds. The summed E-state index contributed by atoms with van der Waals surface area (Å²) in [5.74, 6) is -1.50. The molecule has 168 valence electrons. The van der Waals surface area contributed by atoms with Crippen molar-refractivity contribution in [3.8, 4) is 0 Å². The minimum absolute atomic E-state index is 0.0182. The van der Waals surface area contributed by atoms with Crippen molar-refractivity contribution in [3.05, 3.63) is 35.9 Å². The summed E-state index contributed by atoms with van der Waals surface area (Å²) in [6.45, 7) is 5.58. The molecule has 1 aromatic rings. The maximum absolute atomic E-state index is 14.0. The van der Waals surface area contributed by atoms with Crippen molar-refractivity contribution < 1.29 is 19.5 Å². The van der Waals surface area contributed by atoms with E-state index in [2.05, 4.69) is 17.6 Å². The molecule has 0 aliphatic carbocycles. The number of carbonyl (C=O) groups excluding carboxylic acids is 3. The van der Waals surface area contributed by atoms with E-state index >= 15 is 0 Å². The molecule has 3 heterocycles. The quantitative estimate of drug-likeness (QED) is 0.614. The highest BCUT2D eigenvalue weighted by molar-refractivity contribution is 8.02. The van der Waals surface area contributed by atoms with Crippen LogP contribution in [0, 0.1) is 17.8 Å². The van der Waals surface area contributed by atoms with Crippen LogP contribution in [0.4, 0.5) is 0 Å². The maximum atomic E-state index is 14.0. The minimum atomic E-state index is -0.746. The van der Waals surface area contributed by atoms with Crippen molar-refractivity contribution in [1.29, 1.82) is 0 Å². The number of benzene rings is 1. The van der Waals surface area contributed by atoms with Gasteiger partial charge >= 0.3 is 0 Å². The molecule has 2 bridgehead atoms. The van der Waals surface area contributed by atoms with E-state index in [1.807, 2.05) is 44.2 Å². The lowest BCUT2D eigenvalue weighted by Gasteiger charge is -2.40.